The molecule has 0 aliphatic heterocycles. The van der Waals surface area contributed by atoms with Crippen LogP contribution in [0.4, 0.5) is 0 Å². The number of aliphatic hydroxyl groups is 1. The average molecular weight is 296 g/mol. The fourth-order valence-electron chi connectivity index (χ4n) is 1.69. The van der Waals surface area contributed by atoms with E-state index in [0.29, 0.717) is 5.69 Å². The van der Waals surface area contributed by atoms with Crippen LogP contribution in [0.1, 0.15) is 22.5 Å². The van der Waals surface area contributed by atoms with Gasteiger partial charge in [0.25, 0.3) is 10.0 Å². The van der Waals surface area contributed by atoms with Crippen LogP contribution in [0.3, 0.4) is 0 Å². The van der Waals surface area contributed by atoms with E-state index >= 15 is 0 Å². The minimum Gasteiger partial charge on any atom is -0.392 e. The smallest absolute Gasteiger partial charge is 0.260 e. The zero-order chi connectivity index (χ0) is 14.8. The second-order valence-electron chi connectivity index (χ2n) is 4.42. The minimum absolute atomic E-state index is 0.117. The summed E-state index contributed by atoms with van der Waals surface area (Å²) >= 11 is 0. The Labute approximate surface area is 117 Å². The molecule has 0 atom stereocenters. The molecule has 20 heavy (non-hydrogen) atoms. The molecule has 108 valence electrons. The van der Waals surface area contributed by atoms with E-state index < -0.39 is 10.0 Å². The summed E-state index contributed by atoms with van der Waals surface area (Å²) in [6.45, 7) is 3.24. The number of aryl methyl sites for hydroxylation is 2. The lowest BCUT2D eigenvalue weighted by Gasteiger charge is -2.06. The van der Waals surface area contributed by atoms with Gasteiger partial charge < -0.3 is 5.11 Å². The Bertz CT molecular complexity index is 692. The van der Waals surface area contributed by atoms with Crippen molar-refractivity contribution in [2.24, 2.45) is 0 Å². The van der Waals surface area contributed by atoms with E-state index in [1.54, 1.807) is 19.2 Å². The van der Waals surface area contributed by atoms with Gasteiger partial charge in [-0.15, -0.1) is 0 Å². The zero-order valence-electron chi connectivity index (χ0n) is 11.2. The number of aliphatic hydroxyl groups excluding tert-OH is 1. The van der Waals surface area contributed by atoms with Gasteiger partial charge in [0.2, 0.25) is 0 Å². The topological polar surface area (TPSA) is 108 Å². The van der Waals surface area contributed by atoms with Gasteiger partial charge in [0, 0.05) is 29.7 Å². The third-order valence-corrected chi connectivity index (χ3v) is 4.26. The molecule has 0 aliphatic carbocycles. The second-order valence-corrected chi connectivity index (χ2v) is 6.11. The van der Waals surface area contributed by atoms with Crippen molar-refractivity contribution in [2.75, 3.05) is 0 Å². The molecule has 3 N–H and O–H groups in total. The second kappa shape index (κ2) is 5.70. The van der Waals surface area contributed by atoms with Crippen LogP contribution in [-0.4, -0.2) is 28.7 Å². The Morgan fingerprint density at radius 3 is 2.70 bits per heavy atom. The molecule has 0 spiro atoms. The maximum atomic E-state index is 12.1. The first-order valence-corrected chi connectivity index (χ1v) is 7.48. The molecule has 0 aliphatic rings. The first-order chi connectivity index (χ1) is 9.44. The first kappa shape index (κ1) is 14.6. The molecule has 0 bridgehead atoms. The molecule has 0 saturated carbocycles. The molecular weight excluding hydrogens is 280 g/mol. The largest absolute Gasteiger partial charge is 0.392 e. The Morgan fingerprint density at radius 2 is 2.10 bits per heavy atom. The highest BCUT2D eigenvalue weighted by molar-refractivity contribution is 7.89. The fourth-order valence-corrected chi connectivity index (χ4v) is 2.89. The normalized spacial score (nSPS) is 11.8. The van der Waals surface area contributed by atoms with Crippen LogP contribution in [0, 0.1) is 13.8 Å². The Balaban J connectivity index is 2.17. The van der Waals surface area contributed by atoms with E-state index in [1.165, 1.54) is 0 Å². The van der Waals surface area contributed by atoms with Crippen molar-refractivity contribution in [3.8, 4) is 0 Å². The van der Waals surface area contributed by atoms with Crippen molar-refractivity contribution in [1.29, 1.82) is 0 Å². The molecule has 0 amide bonds. The summed E-state index contributed by atoms with van der Waals surface area (Å²) in [4.78, 5) is 4.09. The van der Waals surface area contributed by atoms with Gasteiger partial charge in [-0.25, -0.2) is 13.1 Å². The summed E-state index contributed by atoms with van der Waals surface area (Å²) in [7, 11) is -3.77. The molecule has 7 nitrogen and oxygen atoms in total. The highest BCUT2D eigenvalue weighted by atomic mass is 32.2. The van der Waals surface area contributed by atoms with Crippen molar-refractivity contribution in [3.63, 3.8) is 0 Å². The molecule has 2 aromatic heterocycles. The van der Waals surface area contributed by atoms with Crippen LogP contribution in [0.15, 0.2) is 23.4 Å². The molecule has 0 radical (unpaired) electrons. The van der Waals surface area contributed by atoms with Gasteiger partial charge in [-0.2, -0.15) is 5.10 Å². The summed E-state index contributed by atoms with van der Waals surface area (Å²) in [5, 5.41) is 15.3. The van der Waals surface area contributed by atoms with Gasteiger partial charge in [-0.3, -0.25) is 10.1 Å². The van der Waals surface area contributed by atoms with E-state index in [2.05, 4.69) is 19.9 Å². The molecule has 2 aromatic rings. The van der Waals surface area contributed by atoms with Crippen molar-refractivity contribution in [2.45, 2.75) is 32.0 Å². The van der Waals surface area contributed by atoms with E-state index in [4.69, 9.17) is 0 Å². The predicted octanol–water partition coefficient (Wildman–Crippen LogP) is 0.392. The lowest BCUT2D eigenvalue weighted by molar-refractivity contribution is 0.277. The molecule has 2 rings (SSSR count). The third kappa shape index (κ3) is 3.03. The highest BCUT2D eigenvalue weighted by Gasteiger charge is 2.23. The summed E-state index contributed by atoms with van der Waals surface area (Å²) in [6, 6.07) is 3.61. The third-order valence-electron chi connectivity index (χ3n) is 2.89. The lowest BCUT2D eigenvalue weighted by atomic mass is 10.2. The SMILES string of the molecule is Cc1ccc(CNS(=O)(=O)c2n[nH]c(C)c2CO)cn1. The van der Waals surface area contributed by atoms with Crippen LogP contribution in [0.25, 0.3) is 0 Å². The lowest BCUT2D eigenvalue weighted by Crippen LogP contribution is -2.24. The number of hydrogen-bond acceptors (Lipinski definition) is 5. The van der Waals surface area contributed by atoms with Crippen LogP contribution < -0.4 is 4.72 Å². The number of hydrogen-bond donors (Lipinski definition) is 3. The van der Waals surface area contributed by atoms with Crippen LogP contribution in [0.5, 0.6) is 0 Å². The predicted molar refractivity (Wildman–Crippen MR) is 72.2 cm³/mol. The highest BCUT2D eigenvalue weighted by Crippen LogP contribution is 2.16. The van der Waals surface area contributed by atoms with Gasteiger partial charge in [-0.1, -0.05) is 6.07 Å². The average Bonchev–Trinajstić information content (AvgIpc) is 2.80. The number of H-pyrrole nitrogens is 1. The summed E-state index contributed by atoms with van der Waals surface area (Å²) in [5.74, 6) is 0. The fraction of sp³-hybridized carbons (Fsp3) is 0.333. The number of aromatic amines is 1. The van der Waals surface area contributed by atoms with E-state index in [9.17, 15) is 13.5 Å². The van der Waals surface area contributed by atoms with Gasteiger partial charge >= 0.3 is 0 Å². The summed E-state index contributed by atoms with van der Waals surface area (Å²) in [5.41, 5.74) is 2.42. The zero-order valence-corrected chi connectivity index (χ0v) is 12.0. The van der Waals surface area contributed by atoms with Gasteiger partial charge in [0.1, 0.15) is 0 Å². The van der Waals surface area contributed by atoms with E-state index in [-0.39, 0.29) is 23.7 Å². The Morgan fingerprint density at radius 1 is 1.35 bits per heavy atom. The molecule has 0 saturated heterocycles. The number of aromatic nitrogens is 3. The van der Waals surface area contributed by atoms with Gasteiger partial charge in [0.05, 0.1) is 6.61 Å². The number of pyridine rings is 1. The quantitative estimate of drug-likeness (QED) is 0.740. The molecule has 8 heteroatoms. The van der Waals surface area contributed by atoms with Crippen molar-refractivity contribution in [1.82, 2.24) is 19.9 Å². The van der Waals surface area contributed by atoms with Crippen molar-refractivity contribution < 1.29 is 13.5 Å². The van der Waals surface area contributed by atoms with Crippen molar-refractivity contribution in [3.05, 3.63) is 40.8 Å². The number of rotatable bonds is 5. The van der Waals surface area contributed by atoms with Crippen LogP contribution in [-0.2, 0) is 23.2 Å². The van der Waals surface area contributed by atoms with E-state index in [0.717, 1.165) is 11.3 Å². The summed E-state index contributed by atoms with van der Waals surface area (Å²) in [6.07, 6.45) is 1.61. The monoisotopic (exact) mass is 296 g/mol. The van der Waals surface area contributed by atoms with Crippen LogP contribution in [0.2, 0.25) is 0 Å². The maximum Gasteiger partial charge on any atom is 0.260 e. The standard InChI is InChI=1S/C12H16N4O3S/c1-8-3-4-10(5-13-8)6-14-20(18,19)12-11(7-17)9(2)15-16-12/h3-5,14,17H,6-7H2,1-2H3,(H,15,16). The maximum absolute atomic E-state index is 12.1. The van der Waals surface area contributed by atoms with Gasteiger partial charge in [-0.05, 0) is 25.5 Å². The van der Waals surface area contributed by atoms with Crippen LogP contribution >= 0.6 is 0 Å². The van der Waals surface area contributed by atoms with E-state index in [1.807, 2.05) is 13.0 Å². The van der Waals surface area contributed by atoms with Crippen molar-refractivity contribution >= 4 is 10.0 Å². The molecule has 0 fully saturated rings. The Hall–Kier alpha value is -1.77. The first-order valence-electron chi connectivity index (χ1n) is 6.00. The summed E-state index contributed by atoms with van der Waals surface area (Å²) < 4.78 is 26.7. The molecular formula is C12H16N4O3S. The minimum atomic E-state index is -3.77. The Kier molecular flexibility index (Phi) is 4.17. The number of sulfonamides is 1. The molecule has 0 aromatic carbocycles. The number of nitrogens with zero attached hydrogens (tertiary/aromatic N) is 2. The molecule has 2 heterocycles. The van der Waals surface area contributed by atoms with Gasteiger partial charge in [0.15, 0.2) is 5.03 Å². The molecule has 0 unspecified atom stereocenters. The number of nitrogens with one attached hydrogen (secondary N) is 2.